The molecular weight excluding hydrogens is 244 g/mol. The number of unbranched alkanes of at least 4 members (excludes halogenated alkanes) is 6. The van der Waals surface area contributed by atoms with Crippen molar-refractivity contribution >= 4 is 0 Å². The lowest BCUT2D eigenvalue weighted by Crippen LogP contribution is -2.56. The molecule has 2 atom stereocenters. The zero-order valence-corrected chi connectivity index (χ0v) is 14.3. The van der Waals surface area contributed by atoms with Gasteiger partial charge in [0.2, 0.25) is 0 Å². The highest BCUT2D eigenvalue weighted by molar-refractivity contribution is 4.85. The molecule has 0 aromatic carbocycles. The number of hydrogen-bond donors (Lipinski definition) is 1. The van der Waals surface area contributed by atoms with Crippen LogP contribution in [0, 0.1) is 0 Å². The monoisotopic (exact) mass is 282 g/mol. The molecule has 20 heavy (non-hydrogen) atoms. The van der Waals surface area contributed by atoms with Crippen molar-refractivity contribution in [2.45, 2.75) is 97.1 Å². The third-order valence-electron chi connectivity index (χ3n) is 4.78. The summed E-state index contributed by atoms with van der Waals surface area (Å²) >= 11 is 0. The van der Waals surface area contributed by atoms with Crippen LogP contribution >= 0.6 is 0 Å². The molecule has 2 unspecified atom stereocenters. The first-order chi connectivity index (χ1) is 9.81. The summed E-state index contributed by atoms with van der Waals surface area (Å²) in [6.07, 6.45) is 13.9. The zero-order valence-electron chi connectivity index (χ0n) is 14.3. The van der Waals surface area contributed by atoms with Gasteiger partial charge >= 0.3 is 0 Å². The average Bonchev–Trinajstić information content (AvgIpc) is 2.48. The van der Waals surface area contributed by atoms with Crippen molar-refractivity contribution in [1.29, 1.82) is 0 Å². The van der Waals surface area contributed by atoms with E-state index in [9.17, 15) is 0 Å². The Kier molecular flexibility index (Phi) is 10.4. The van der Waals surface area contributed by atoms with Crippen LogP contribution in [0.2, 0.25) is 0 Å². The summed E-state index contributed by atoms with van der Waals surface area (Å²) in [5, 5.41) is 3.72. The van der Waals surface area contributed by atoms with Crippen LogP contribution in [0.15, 0.2) is 0 Å². The molecule has 0 aliphatic carbocycles. The Morgan fingerprint density at radius 1 is 0.900 bits per heavy atom. The Bertz CT molecular complexity index is 217. The molecule has 1 fully saturated rings. The van der Waals surface area contributed by atoms with Crippen molar-refractivity contribution in [2.75, 3.05) is 19.6 Å². The van der Waals surface area contributed by atoms with Gasteiger partial charge < -0.3 is 5.32 Å². The number of piperazine rings is 1. The predicted octanol–water partition coefficient (Wildman–Crippen LogP) is 4.59. The molecule has 1 aliphatic rings. The van der Waals surface area contributed by atoms with Gasteiger partial charge in [-0.1, -0.05) is 65.7 Å². The van der Waals surface area contributed by atoms with E-state index < -0.39 is 0 Å². The molecule has 1 heterocycles. The second kappa shape index (κ2) is 11.6. The van der Waals surface area contributed by atoms with Crippen molar-refractivity contribution in [2.24, 2.45) is 0 Å². The van der Waals surface area contributed by atoms with Gasteiger partial charge in [-0.25, -0.2) is 0 Å². The summed E-state index contributed by atoms with van der Waals surface area (Å²) in [4.78, 5) is 2.78. The third kappa shape index (κ3) is 7.08. The van der Waals surface area contributed by atoms with Crippen LogP contribution in [0.25, 0.3) is 0 Å². The molecular formula is C18H38N2. The predicted molar refractivity (Wildman–Crippen MR) is 90.3 cm³/mol. The van der Waals surface area contributed by atoms with E-state index >= 15 is 0 Å². The molecule has 0 radical (unpaired) electrons. The summed E-state index contributed by atoms with van der Waals surface area (Å²) in [5.41, 5.74) is 0. The summed E-state index contributed by atoms with van der Waals surface area (Å²) in [6.45, 7) is 10.7. The van der Waals surface area contributed by atoms with Gasteiger partial charge in [0.15, 0.2) is 0 Å². The minimum atomic E-state index is 0.729. The lowest BCUT2D eigenvalue weighted by molar-refractivity contribution is 0.118. The average molecular weight is 283 g/mol. The maximum absolute atomic E-state index is 3.72. The SMILES string of the molecule is CCCCCCCCCN1CC(CC)NCC1CCC. The normalized spacial score (nSPS) is 24.1. The molecule has 1 saturated heterocycles. The fourth-order valence-electron chi connectivity index (χ4n) is 3.37. The molecule has 0 saturated carbocycles. The van der Waals surface area contributed by atoms with E-state index in [0.29, 0.717) is 0 Å². The summed E-state index contributed by atoms with van der Waals surface area (Å²) in [5.74, 6) is 0. The molecule has 2 heteroatoms. The van der Waals surface area contributed by atoms with Crippen molar-refractivity contribution in [3.63, 3.8) is 0 Å². The van der Waals surface area contributed by atoms with Gasteiger partial charge in [0.1, 0.15) is 0 Å². The van der Waals surface area contributed by atoms with Gasteiger partial charge in [-0.3, -0.25) is 4.90 Å². The van der Waals surface area contributed by atoms with Gasteiger partial charge in [-0.05, 0) is 25.8 Å². The van der Waals surface area contributed by atoms with E-state index in [1.54, 1.807) is 0 Å². The van der Waals surface area contributed by atoms with E-state index in [2.05, 4.69) is 31.0 Å². The zero-order chi connectivity index (χ0) is 14.6. The Morgan fingerprint density at radius 3 is 2.25 bits per heavy atom. The number of rotatable bonds is 11. The topological polar surface area (TPSA) is 15.3 Å². The maximum Gasteiger partial charge on any atom is 0.0221 e. The van der Waals surface area contributed by atoms with Gasteiger partial charge in [-0.15, -0.1) is 0 Å². The van der Waals surface area contributed by atoms with Crippen LogP contribution in [-0.2, 0) is 0 Å². The van der Waals surface area contributed by atoms with Crippen molar-refractivity contribution in [3.8, 4) is 0 Å². The fraction of sp³-hybridized carbons (Fsp3) is 1.00. The van der Waals surface area contributed by atoms with Gasteiger partial charge in [-0.2, -0.15) is 0 Å². The summed E-state index contributed by atoms with van der Waals surface area (Å²) < 4.78 is 0. The summed E-state index contributed by atoms with van der Waals surface area (Å²) in [6, 6.07) is 1.52. The molecule has 2 nitrogen and oxygen atoms in total. The van der Waals surface area contributed by atoms with Crippen LogP contribution in [0.5, 0.6) is 0 Å². The van der Waals surface area contributed by atoms with E-state index in [1.165, 1.54) is 83.8 Å². The van der Waals surface area contributed by atoms with E-state index in [0.717, 1.165) is 12.1 Å². The van der Waals surface area contributed by atoms with Crippen LogP contribution in [0.3, 0.4) is 0 Å². The quantitative estimate of drug-likeness (QED) is 0.558. The van der Waals surface area contributed by atoms with Crippen molar-refractivity contribution < 1.29 is 0 Å². The second-order valence-corrected chi connectivity index (χ2v) is 6.57. The molecule has 0 bridgehead atoms. The highest BCUT2D eigenvalue weighted by Gasteiger charge is 2.25. The number of hydrogen-bond acceptors (Lipinski definition) is 2. The van der Waals surface area contributed by atoms with Gasteiger partial charge in [0.05, 0.1) is 0 Å². The smallest absolute Gasteiger partial charge is 0.0221 e. The van der Waals surface area contributed by atoms with Crippen LogP contribution in [0.1, 0.15) is 85.0 Å². The maximum atomic E-state index is 3.72. The lowest BCUT2D eigenvalue weighted by Gasteiger charge is -2.40. The number of nitrogens with one attached hydrogen (secondary N) is 1. The highest BCUT2D eigenvalue weighted by Crippen LogP contribution is 2.15. The van der Waals surface area contributed by atoms with Gasteiger partial charge in [0, 0.05) is 25.2 Å². The third-order valence-corrected chi connectivity index (χ3v) is 4.78. The molecule has 0 amide bonds. The number of nitrogens with zero attached hydrogens (tertiary/aromatic N) is 1. The van der Waals surface area contributed by atoms with E-state index in [4.69, 9.17) is 0 Å². The van der Waals surface area contributed by atoms with Crippen molar-refractivity contribution in [3.05, 3.63) is 0 Å². The van der Waals surface area contributed by atoms with Crippen LogP contribution in [0.4, 0.5) is 0 Å². The first-order valence-corrected chi connectivity index (χ1v) is 9.29. The standard InChI is InChI=1S/C18H38N2/c1-4-7-8-9-10-11-12-14-20-16-17(6-3)19-15-18(20)13-5-2/h17-19H,4-16H2,1-3H3. The fourth-order valence-corrected chi connectivity index (χ4v) is 3.37. The molecule has 1 aliphatic heterocycles. The largest absolute Gasteiger partial charge is 0.311 e. The first kappa shape index (κ1) is 18.0. The van der Waals surface area contributed by atoms with E-state index in [1.807, 2.05) is 0 Å². The molecule has 1 rings (SSSR count). The summed E-state index contributed by atoms with van der Waals surface area (Å²) in [7, 11) is 0. The molecule has 1 N–H and O–H groups in total. The molecule has 120 valence electrons. The van der Waals surface area contributed by atoms with Gasteiger partial charge in [0.25, 0.3) is 0 Å². The molecule has 0 spiro atoms. The first-order valence-electron chi connectivity index (χ1n) is 9.29. The minimum Gasteiger partial charge on any atom is -0.311 e. The van der Waals surface area contributed by atoms with Crippen LogP contribution in [-0.4, -0.2) is 36.6 Å². The Hall–Kier alpha value is -0.0800. The minimum absolute atomic E-state index is 0.729. The molecule has 0 aromatic rings. The Morgan fingerprint density at radius 2 is 1.60 bits per heavy atom. The Balaban J connectivity index is 2.16. The Labute approximate surface area is 127 Å². The van der Waals surface area contributed by atoms with Crippen LogP contribution < -0.4 is 5.32 Å². The van der Waals surface area contributed by atoms with E-state index in [-0.39, 0.29) is 0 Å². The molecule has 0 aromatic heterocycles. The highest BCUT2D eigenvalue weighted by atomic mass is 15.2. The van der Waals surface area contributed by atoms with Crippen molar-refractivity contribution in [1.82, 2.24) is 10.2 Å². The lowest BCUT2D eigenvalue weighted by atomic mass is 10.0. The second-order valence-electron chi connectivity index (χ2n) is 6.57.